The summed E-state index contributed by atoms with van der Waals surface area (Å²) in [6.07, 6.45) is 3.72. The first kappa shape index (κ1) is 13.3. The van der Waals surface area contributed by atoms with Crippen LogP contribution in [0.2, 0.25) is 5.02 Å². The maximum Gasteiger partial charge on any atom is 0.129 e. The average Bonchev–Trinajstić information content (AvgIpc) is 2.35. The summed E-state index contributed by atoms with van der Waals surface area (Å²) in [5.41, 5.74) is 0.830. The van der Waals surface area contributed by atoms with E-state index in [9.17, 15) is 4.39 Å². The zero-order chi connectivity index (χ0) is 13.2. The van der Waals surface area contributed by atoms with E-state index >= 15 is 0 Å². The van der Waals surface area contributed by atoms with E-state index < -0.39 is 0 Å². The fraction of sp³-hybridized carbons (Fsp3) is 0.600. The van der Waals surface area contributed by atoms with Crippen molar-refractivity contribution in [3.05, 3.63) is 34.6 Å². The summed E-state index contributed by atoms with van der Waals surface area (Å²) >= 11 is 5.87. The first-order valence-corrected chi connectivity index (χ1v) is 7.53. The van der Waals surface area contributed by atoms with Crippen LogP contribution in [-0.4, -0.2) is 31.1 Å². The number of nitrogens with zero attached hydrogens (tertiary/aromatic N) is 1. The van der Waals surface area contributed by atoms with Gasteiger partial charge in [-0.15, -0.1) is 0 Å². The van der Waals surface area contributed by atoms with Crippen molar-refractivity contribution in [3.8, 4) is 0 Å². The molecule has 0 radical (unpaired) electrons. The van der Waals surface area contributed by atoms with Gasteiger partial charge in [-0.1, -0.05) is 24.1 Å². The summed E-state index contributed by atoms with van der Waals surface area (Å²) in [5.74, 6) is 0.455. The van der Waals surface area contributed by atoms with E-state index in [4.69, 9.17) is 11.6 Å². The third-order valence-electron chi connectivity index (χ3n) is 4.42. The molecule has 0 unspecified atom stereocenters. The number of piperazine rings is 1. The van der Waals surface area contributed by atoms with Gasteiger partial charge in [0, 0.05) is 42.8 Å². The van der Waals surface area contributed by atoms with Gasteiger partial charge in [-0.3, -0.25) is 4.90 Å². The van der Waals surface area contributed by atoms with E-state index in [1.54, 1.807) is 0 Å². The predicted octanol–water partition coefficient (Wildman–Crippen LogP) is 3.23. The highest BCUT2D eigenvalue weighted by Gasteiger charge is 2.34. The molecule has 1 atom stereocenters. The van der Waals surface area contributed by atoms with Gasteiger partial charge in [0.05, 0.1) is 0 Å². The van der Waals surface area contributed by atoms with Crippen molar-refractivity contribution in [2.45, 2.75) is 25.3 Å². The molecule has 2 aliphatic rings. The van der Waals surface area contributed by atoms with Crippen LogP contribution in [0.25, 0.3) is 0 Å². The van der Waals surface area contributed by atoms with Crippen LogP contribution in [0.15, 0.2) is 18.2 Å². The molecule has 1 aliphatic carbocycles. The fourth-order valence-corrected chi connectivity index (χ4v) is 3.36. The second kappa shape index (κ2) is 5.78. The fourth-order valence-electron chi connectivity index (χ4n) is 3.21. The lowest BCUT2D eigenvalue weighted by Gasteiger charge is -2.43. The van der Waals surface area contributed by atoms with Crippen molar-refractivity contribution in [3.63, 3.8) is 0 Å². The van der Waals surface area contributed by atoms with E-state index in [0.717, 1.165) is 31.7 Å². The SMILES string of the molecule is Fc1cc(Cl)ccc1[C@H](C1CCC1)N1CCNCC1. The Labute approximate surface area is 118 Å². The molecule has 104 valence electrons. The van der Waals surface area contributed by atoms with Crippen molar-refractivity contribution >= 4 is 11.6 Å². The summed E-state index contributed by atoms with van der Waals surface area (Å²) in [4.78, 5) is 2.44. The molecule has 2 fully saturated rings. The zero-order valence-electron chi connectivity index (χ0n) is 11.0. The smallest absolute Gasteiger partial charge is 0.129 e. The van der Waals surface area contributed by atoms with Crippen LogP contribution < -0.4 is 5.32 Å². The number of halogens is 2. The van der Waals surface area contributed by atoms with Crippen LogP contribution in [-0.2, 0) is 0 Å². The van der Waals surface area contributed by atoms with Crippen LogP contribution in [0.5, 0.6) is 0 Å². The Morgan fingerprint density at radius 1 is 1.26 bits per heavy atom. The van der Waals surface area contributed by atoms with E-state index in [-0.39, 0.29) is 11.9 Å². The maximum atomic E-state index is 14.2. The molecule has 1 saturated carbocycles. The second-order valence-corrected chi connectivity index (χ2v) is 6.02. The van der Waals surface area contributed by atoms with Crippen LogP contribution >= 0.6 is 11.6 Å². The summed E-state index contributed by atoms with van der Waals surface area (Å²) in [5, 5.41) is 3.84. The molecule has 3 rings (SSSR count). The Bertz CT molecular complexity index is 442. The van der Waals surface area contributed by atoms with Crippen molar-refractivity contribution < 1.29 is 4.39 Å². The number of benzene rings is 1. The molecule has 0 spiro atoms. The molecule has 1 N–H and O–H groups in total. The predicted molar refractivity (Wildman–Crippen MR) is 75.9 cm³/mol. The largest absolute Gasteiger partial charge is 0.314 e. The quantitative estimate of drug-likeness (QED) is 0.916. The van der Waals surface area contributed by atoms with Gasteiger partial charge in [0.15, 0.2) is 0 Å². The average molecular weight is 283 g/mol. The maximum absolute atomic E-state index is 14.2. The highest BCUT2D eigenvalue weighted by atomic mass is 35.5. The van der Waals surface area contributed by atoms with Gasteiger partial charge in [-0.25, -0.2) is 4.39 Å². The first-order valence-electron chi connectivity index (χ1n) is 7.15. The molecule has 0 amide bonds. The lowest BCUT2D eigenvalue weighted by Crippen LogP contribution is -2.48. The van der Waals surface area contributed by atoms with Gasteiger partial charge in [0.2, 0.25) is 0 Å². The Balaban J connectivity index is 1.88. The molecule has 0 aromatic heterocycles. The molecule has 2 nitrogen and oxygen atoms in total. The highest BCUT2D eigenvalue weighted by Crippen LogP contribution is 2.42. The molecule has 1 aromatic rings. The molecule has 1 saturated heterocycles. The second-order valence-electron chi connectivity index (χ2n) is 5.59. The highest BCUT2D eigenvalue weighted by molar-refractivity contribution is 6.30. The number of rotatable bonds is 3. The molecule has 4 heteroatoms. The minimum atomic E-state index is -0.150. The van der Waals surface area contributed by atoms with Crippen LogP contribution in [0.1, 0.15) is 30.9 Å². The Kier molecular flexibility index (Phi) is 4.06. The standard InChI is InChI=1S/C15H20ClFN2/c16-12-4-5-13(14(17)10-12)15(11-2-1-3-11)19-8-6-18-7-9-19/h4-5,10-11,15,18H,1-3,6-9H2/t15-/m0/s1. The topological polar surface area (TPSA) is 15.3 Å². The van der Waals surface area contributed by atoms with Gasteiger partial charge in [0.1, 0.15) is 5.82 Å². The summed E-state index contributed by atoms with van der Waals surface area (Å²) < 4.78 is 14.2. The zero-order valence-corrected chi connectivity index (χ0v) is 11.8. The Morgan fingerprint density at radius 2 is 2.00 bits per heavy atom. The van der Waals surface area contributed by atoms with E-state index in [1.807, 2.05) is 12.1 Å². The van der Waals surface area contributed by atoms with Crippen LogP contribution in [0.3, 0.4) is 0 Å². The van der Waals surface area contributed by atoms with Crippen molar-refractivity contribution in [2.75, 3.05) is 26.2 Å². The molecular weight excluding hydrogens is 263 g/mol. The van der Waals surface area contributed by atoms with E-state index in [0.29, 0.717) is 10.9 Å². The van der Waals surface area contributed by atoms with Crippen LogP contribution in [0, 0.1) is 11.7 Å². The van der Waals surface area contributed by atoms with E-state index in [2.05, 4.69) is 10.2 Å². The lowest BCUT2D eigenvalue weighted by atomic mass is 9.76. The summed E-state index contributed by atoms with van der Waals surface area (Å²) in [6.45, 7) is 4.00. The number of hydrogen-bond acceptors (Lipinski definition) is 2. The van der Waals surface area contributed by atoms with Gasteiger partial charge < -0.3 is 5.32 Å². The Morgan fingerprint density at radius 3 is 2.58 bits per heavy atom. The minimum Gasteiger partial charge on any atom is -0.314 e. The molecule has 1 aromatic carbocycles. The third kappa shape index (κ3) is 2.78. The Hall–Kier alpha value is -0.640. The van der Waals surface area contributed by atoms with Crippen molar-refractivity contribution in [2.24, 2.45) is 5.92 Å². The lowest BCUT2D eigenvalue weighted by molar-refractivity contribution is 0.0812. The van der Waals surface area contributed by atoms with Gasteiger partial charge in [-0.05, 0) is 30.9 Å². The normalized spacial score (nSPS) is 23.1. The summed E-state index contributed by atoms with van der Waals surface area (Å²) in [6, 6.07) is 5.37. The van der Waals surface area contributed by atoms with Gasteiger partial charge in [0.25, 0.3) is 0 Å². The van der Waals surface area contributed by atoms with Gasteiger partial charge >= 0.3 is 0 Å². The molecule has 1 aliphatic heterocycles. The number of nitrogens with one attached hydrogen (secondary N) is 1. The van der Waals surface area contributed by atoms with E-state index in [1.165, 1.54) is 25.3 Å². The van der Waals surface area contributed by atoms with Crippen LogP contribution in [0.4, 0.5) is 4.39 Å². The molecule has 0 bridgehead atoms. The molecular formula is C15H20ClFN2. The number of hydrogen-bond donors (Lipinski definition) is 1. The molecule has 19 heavy (non-hydrogen) atoms. The first-order chi connectivity index (χ1) is 9.25. The van der Waals surface area contributed by atoms with Gasteiger partial charge in [-0.2, -0.15) is 0 Å². The molecule has 1 heterocycles. The minimum absolute atomic E-state index is 0.150. The van der Waals surface area contributed by atoms with Crippen molar-refractivity contribution in [1.29, 1.82) is 0 Å². The monoisotopic (exact) mass is 282 g/mol. The summed E-state index contributed by atoms with van der Waals surface area (Å²) in [7, 11) is 0. The third-order valence-corrected chi connectivity index (χ3v) is 4.66. The van der Waals surface area contributed by atoms with Crippen molar-refractivity contribution in [1.82, 2.24) is 10.2 Å².